The van der Waals surface area contributed by atoms with Crippen LogP contribution in [-0.4, -0.2) is 27.4 Å². The van der Waals surface area contributed by atoms with E-state index in [0.717, 1.165) is 40.4 Å². The highest BCUT2D eigenvalue weighted by atomic mass is 16.1. The maximum absolute atomic E-state index is 11.2. The number of anilines is 3. The summed E-state index contributed by atoms with van der Waals surface area (Å²) in [5.74, 6) is 1.41. The normalized spacial score (nSPS) is 14.0. The molecule has 1 amide bonds. The first-order valence-corrected chi connectivity index (χ1v) is 10.0. The Balaban J connectivity index is 1.59. The van der Waals surface area contributed by atoms with Gasteiger partial charge in [0.25, 0.3) is 0 Å². The molecule has 4 rings (SSSR count). The van der Waals surface area contributed by atoms with E-state index >= 15 is 0 Å². The van der Waals surface area contributed by atoms with Crippen molar-refractivity contribution in [3.63, 3.8) is 0 Å². The van der Waals surface area contributed by atoms with E-state index in [1.807, 2.05) is 37.4 Å². The fraction of sp³-hybridized carbons (Fsp3) is 0.304. The van der Waals surface area contributed by atoms with Crippen LogP contribution in [0.4, 0.5) is 17.5 Å². The Labute approximate surface area is 176 Å². The number of pyridine rings is 1. The zero-order valence-electron chi connectivity index (χ0n) is 17.7. The van der Waals surface area contributed by atoms with Crippen molar-refractivity contribution in [3.05, 3.63) is 59.4 Å². The minimum Gasteiger partial charge on any atom is -0.369 e. The maximum atomic E-state index is 11.2. The highest BCUT2D eigenvalue weighted by molar-refractivity contribution is 5.73. The molecule has 1 aliphatic rings. The van der Waals surface area contributed by atoms with Crippen molar-refractivity contribution in [3.8, 4) is 11.3 Å². The molecule has 0 bridgehead atoms. The second-order valence-corrected chi connectivity index (χ2v) is 8.31. The molecule has 0 radical (unpaired) electrons. The van der Waals surface area contributed by atoms with Crippen LogP contribution in [0, 0.1) is 6.92 Å². The number of rotatable bonds is 5. The molecular formula is C23H26N6O. The number of aryl methyl sites for hydroxylation is 1. The second-order valence-electron chi connectivity index (χ2n) is 8.31. The lowest BCUT2D eigenvalue weighted by atomic mass is 9.87. The van der Waals surface area contributed by atoms with Crippen LogP contribution in [0.3, 0.4) is 0 Å². The van der Waals surface area contributed by atoms with Gasteiger partial charge in [-0.2, -0.15) is 0 Å². The number of benzene rings is 1. The van der Waals surface area contributed by atoms with Crippen molar-refractivity contribution in [2.24, 2.45) is 0 Å². The predicted molar refractivity (Wildman–Crippen MR) is 119 cm³/mol. The Morgan fingerprint density at radius 2 is 2.03 bits per heavy atom. The van der Waals surface area contributed by atoms with E-state index in [-0.39, 0.29) is 11.3 Å². The van der Waals surface area contributed by atoms with Crippen molar-refractivity contribution in [2.75, 3.05) is 17.2 Å². The van der Waals surface area contributed by atoms with Crippen LogP contribution in [0.1, 0.15) is 37.5 Å². The molecule has 1 aromatic carbocycles. The number of fused-ring (bicyclic) bond motifs is 1. The molecule has 0 saturated heterocycles. The molecule has 3 N–H and O–H groups in total. The Hall–Kier alpha value is -3.48. The van der Waals surface area contributed by atoms with E-state index in [2.05, 4.69) is 45.8 Å². The number of amides is 1. The van der Waals surface area contributed by atoms with Crippen LogP contribution in [0.15, 0.2) is 42.7 Å². The van der Waals surface area contributed by atoms with Gasteiger partial charge >= 0.3 is 0 Å². The molecule has 1 aliphatic heterocycles. The molecule has 3 heterocycles. The molecule has 154 valence electrons. The molecule has 7 nitrogen and oxygen atoms in total. The van der Waals surface area contributed by atoms with Crippen molar-refractivity contribution in [2.45, 2.75) is 39.7 Å². The number of hydrogen-bond donors (Lipinski definition) is 3. The zero-order chi connectivity index (χ0) is 21.3. The van der Waals surface area contributed by atoms with Crippen LogP contribution in [0.2, 0.25) is 0 Å². The third-order valence-corrected chi connectivity index (χ3v) is 5.36. The molecule has 7 heteroatoms. The summed E-state index contributed by atoms with van der Waals surface area (Å²) in [5, 5.41) is 9.49. The van der Waals surface area contributed by atoms with Crippen LogP contribution in [-0.2, 0) is 16.8 Å². The summed E-state index contributed by atoms with van der Waals surface area (Å²) in [4.78, 5) is 24.9. The van der Waals surface area contributed by atoms with E-state index in [4.69, 9.17) is 4.98 Å². The Morgan fingerprint density at radius 1 is 1.20 bits per heavy atom. The van der Waals surface area contributed by atoms with Crippen LogP contribution in [0.5, 0.6) is 0 Å². The Morgan fingerprint density at radius 3 is 2.83 bits per heavy atom. The lowest BCUT2D eigenvalue weighted by Crippen LogP contribution is -2.19. The van der Waals surface area contributed by atoms with E-state index in [1.54, 1.807) is 6.20 Å². The Kier molecular flexibility index (Phi) is 5.11. The summed E-state index contributed by atoms with van der Waals surface area (Å²) in [6.07, 6.45) is 3.59. The second kappa shape index (κ2) is 7.74. The summed E-state index contributed by atoms with van der Waals surface area (Å²) in [7, 11) is 0. The first-order valence-electron chi connectivity index (χ1n) is 10.0. The molecule has 30 heavy (non-hydrogen) atoms. The van der Waals surface area contributed by atoms with E-state index in [9.17, 15) is 4.79 Å². The fourth-order valence-corrected chi connectivity index (χ4v) is 3.50. The Bertz CT molecular complexity index is 1110. The number of nitrogens with one attached hydrogen (secondary N) is 3. The number of nitrogens with zero attached hydrogens (tertiary/aromatic N) is 3. The minimum absolute atomic E-state index is 0.0396. The van der Waals surface area contributed by atoms with Gasteiger partial charge in [0.15, 0.2) is 0 Å². The summed E-state index contributed by atoms with van der Waals surface area (Å²) < 4.78 is 0. The quantitative estimate of drug-likeness (QED) is 0.599. The van der Waals surface area contributed by atoms with Gasteiger partial charge in [0, 0.05) is 54.6 Å². The summed E-state index contributed by atoms with van der Waals surface area (Å²) in [6.45, 7) is 9.31. The van der Waals surface area contributed by atoms with Gasteiger partial charge in [-0.25, -0.2) is 15.0 Å². The van der Waals surface area contributed by atoms with E-state index in [1.165, 1.54) is 12.5 Å². The molecule has 0 aliphatic carbocycles. The molecule has 0 unspecified atom stereocenters. The molecule has 0 fully saturated rings. The van der Waals surface area contributed by atoms with Gasteiger partial charge < -0.3 is 16.0 Å². The zero-order valence-corrected chi connectivity index (χ0v) is 17.7. The summed E-state index contributed by atoms with van der Waals surface area (Å²) >= 11 is 0. The smallest absolute Gasteiger partial charge is 0.227 e. The van der Waals surface area contributed by atoms with Crippen LogP contribution >= 0.6 is 0 Å². The number of carbonyl (C=O) groups excluding carboxylic acids is 1. The highest BCUT2D eigenvalue weighted by Crippen LogP contribution is 2.36. The SMILES string of the molecule is CC(=O)NCc1ccc(C)c(Nc2nccc(-c3cnc4c(c3)C(C)(C)CN4)n2)c1. The number of carbonyl (C=O) groups is 1. The van der Waals surface area contributed by atoms with Crippen LogP contribution in [0.25, 0.3) is 11.3 Å². The monoisotopic (exact) mass is 402 g/mol. The van der Waals surface area contributed by atoms with Crippen molar-refractivity contribution < 1.29 is 4.79 Å². The van der Waals surface area contributed by atoms with Gasteiger partial charge in [0.2, 0.25) is 11.9 Å². The van der Waals surface area contributed by atoms with Crippen molar-refractivity contribution in [1.29, 1.82) is 0 Å². The van der Waals surface area contributed by atoms with Crippen molar-refractivity contribution >= 4 is 23.4 Å². The maximum Gasteiger partial charge on any atom is 0.227 e. The third-order valence-electron chi connectivity index (χ3n) is 5.36. The first kappa shape index (κ1) is 19.8. The van der Waals surface area contributed by atoms with Gasteiger partial charge in [0.1, 0.15) is 5.82 Å². The van der Waals surface area contributed by atoms with E-state index < -0.39 is 0 Å². The average molecular weight is 403 g/mol. The largest absolute Gasteiger partial charge is 0.369 e. The predicted octanol–water partition coefficient (Wildman–Crippen LogP) is 3.93. The van der Waals surface area contributed by atoms with Crippen LogP contribution < -0.4 is 16.0 Å². The van der Waals surface area contributed by atoms with Crippen molar-refractivity contribution in [1.82, 2.24) is 20.3 Å². The standard InChI is InChI=1S/C23H26N6O/c1-14-5-6-16(11-25-15(2)30)9-20(14)29-22-24-8-7-19(28-22)17-10-18-21(26-12-17)27-13-23(18,3)4/h5-10,12H,11,13H2,1-4H3,(H,25,30)(H,26,27)(H,24,28,29). The molecule has 0 spiro atoms. The lowest BCUT2D eigenvalue weighted by Gasteiger charge is -2.17. The fourth-order valence-electron chi connectivity index (χ4n) is 3.50. The number of aromatic nitrogens is 3. The van der Waals surface area contributed by atoms with Gasteiger partial charge in [0.05, 0.1) is 5.69 Å². The molecule has 2 aromatic heterocycles. The van der Waals surface area contributed by atoms with Gasteiger partial charge in [-0.05, 0) is 36.2 Å². The highest BCUT2D eigenvalue weighted by Gasteiger charge is 2.31. The van der Waals surface area contributed by atoms with Gasteiger partial charge in [-0.1, -0.05) is 26.0 Å². The molecule has 0 atom stereocenters. The minimum atomic E-state index is -0.0533. The van der Waals surface area contributed by atoms with Gasteiger partial charge in [-0.15, -0.1) is 0 Å². The van der Waals surface area contributed by atoms with E-state index in [0.29, 0.717) is 12.5 Å². The van der Waals surface area contributed by atoms with Gasteiger partial charge in [-0.3, -0.25) is 4.79 Å². The topological polar surface area (TPSA) is 91.8 Å². The first-order chi connectivity index (χ1) is 14.3. The lowest BCUT2D eigenvalue weighted by molar-refractivity contribution is -0.119. The summed E-state index contributed by atoms with van der Waals surface area (Å²) in [6, 6.07) is 10.1. The molecule has 3 aromatic rings. The summed E-state index contributed by atoms with van der Waals surface area (Å²) in [5.41, 5.74) is 6.01. The molecule has 0 saturated carbocycles. The average Bonchev–Trinajstić information content (AvgIpc) is 3.03. The molecular weight excluding hydrogens is 376 g/mol. The number of hydrogen-bond acceptors (Lipinski definition) is 6. The third kappa shape index (κ3) is 4.10.